The van der Waals surface area contributed by atoms with Crippen LogP contribution in [0.1, 0.15) is 12.8 Å². The molecule has 2 N–H and O–H groups in total. The quantitative estimate of drug-likeness (QED) is 0.415. The molecule has 0 rings (SSSR count). The summed E-state index contributed by atoms with van der Waals surface area (Å²) in [5, 5.41) is 6.24. The van der Waals surface area contributed by atoms with Crippen LogP contribution < -0.4 is 10.6 Å². The van der Waals surface area contributed by atoms with Gasteiger partial charge >= 0.3 is 0 Å². The van der Waals surface area contributed by atoms with Crippen LogP contribution in [0, 0.1) is 24.7 Å². The Hall–Kier alpha value is -0.960. The highest BCUT2D eigenvalue weighted by atomic mass is 14.9. The predicted molar refractivity (Wildman–Crippen MR) is 52.6 cm³/mol. The monoisotopic (exact) mass is 164 g/mol. The summed E-state index contributed by atoms with van der Waals surface area (Å²) in [5.74, 6) is 5.05. The zero-order valence-electron chi connectivity index (χ0n) is 7.40. The molecule has 0 aromatic carbocycles. The molecule has 0 saturated heterocycles. The first-order chi connectivity index (χ1) is 5.91. The third-order valence-corrected chi connectivity index (χ3v) is 1.41. The van der Waals surface area contributed by atoms with Crippen LogP contribution in [0.25, 0.3) is 0 Å². The summed E-state index contributed by atoms with van der Waals surface area (Å²) in [4.78, 5) is 0. The molecule has 0 aliphatic heterocycles. The Balaban J connectivity index is 2.84. The predicted octanol–water partition coefficient (Wildman–Crippen LogP) is 0.212. The van der Waals surface area contributed by atoms with Crippen LogP contribution in [0.4, 0.5) is 0 Å². The largest absolute Gasteiger partial charge is 0.306 e. The van der Waals surface area contributed by atoms with E-state index in [4.69, 9.17) is 12.8 Å². The van der Waals surface area contributed by atoms with Crippen LogP contribution in [0.2, 0.25) is 0 Å². The summed E-state index contributed by atoms with van der Waals surface area (Å²) >= 11 is 0. The Bertz CT molecular complexity index is 142. The maximum absolute atomic E-state index is 5.06. The fraction of sp³-hybridized carbons (Fsp3) is 0.600. The van der Waals surface area contributed by atoms with Gasteiger partial charge in [0.05, 0.1) is 13.1 Å². The third kappa shape index (κ3) is 9.04. The van der Waals surface area contributed by atoms with Gasteiger partial charge in [0, 0.05) is 0 Å². The van der Waals surface area contributed by atoms with Crippen molar-refractivity contribution in [2.45, 2.75) is 12.8 Å². The summed E-state index contributed by atoms with van der Waals surface area (Å²) in [7, 11) is 0. The maximum Gasteiger partial charge on any atom is 0.0573 e. The van der Waals surface area contributed by atoms with Gasteiger partial charge in [0.25, 0.3) is 0 Å². The van der Waals surface area contributed by atoms with Crippen molar-refractivity contribution in [3.63, 3.8) is 0 Å². The average Bonchev–Trinajstić information content (AvgIpc) is 2.10. The number of hydrogen-bond acceptors (Lipinski definition) is 2. The Morgan fingerprint density at radius 3 is 1.58 bits per heavy atom. The second-order valence-electron chi connectivity index (χ2n) is 2.47. The SMILES string of the molecule is C#CCNCCCCNCC#C. The number of hydrogen-bond donors (Lipinski definition) is 2. The van der Waals surface area contributed by atoms with E-state index in [1.54, 1.807) is 0 Å². The lowest BCUT2D eigenvalue weighted by atomic mass is 10.3. The molecular formula is C10H16N2. The van der Waals surface area contributed by atoms with Gasteiger partial charge in [-0.15, -0.1) is 12.8 Å². The van der Waals surface area contributed by atoms with Crippen molar-refractivity contribution < 1.29 is 0 Å². The molecule has 0 aromatic rings. The number of rotatable bonds is 7. The van der Waals surface area contributed by atoms with Gasteiger partial charge in [0.1, 0.15) is 0 Å². The fourth-order valence-electron chi connectivity index (χ4n) is 0.821. The minimum Gasteiger partial charge on any atom is -0.306 e. The van der Waals surface area contributed by atoms with Crippen molar-refractivity contribution >= 4 is 0 Å². The Labute approximate surface area is 75.1 Å². The summed E-state index contributed by atoms with van der Waals surface area (Å²) in [6.45, 7) is 3.30. The summed E-state index contributed by atoms with van der Waals surface area (Å²) in [6, 6.07) is 0. The Morgan fingerprint density at radius 2 is 1.25 bits per heavy atom. The molecule has 0 aliphatic carbocycles. The molecule has 0 spiro atoms. The topological polar surface area (TPSA) is 24.1 Å². The highest BCUT2D eigenvalue weighted by molar-refractivity contribution is 4.87. The van der Waals surface area contributed by atoms with E-state index in [0.717, 1.165) is 25.9 Å². The second-order valence-corrected chi connectivity index (χ2v) is 2.47. The van der Waals surface area contributed by atoms with E-state index in [9.17, 15) is 0 Å². The van der Waals surface area contributed by atoms with E-state index >= 15 is 0 Å². The van der Waals surface area contributed by atoms with Gasteiger partial charge in [-0.3, -0.25) is 0 Å². The lowest BCUT2D eigenvalue weighted by Gasteiger charge is -2.01. The Kier molecular flexibility index (Phi) is 9.24. The van der Waals surface area contributed by atoms with Gasteiger partial charge < -0.3 is 10.6 Å². The first-order valence-electron chi connectivity index (χ1n) is 4.20. The van der Waals surface area contributed by atoms with Gasteiger partial charge in [-0.25, -0.2) is 0 Å². The fourth-order valence-corrected chi connectivity index (χ4v) is 0.821. The minimum absolute atomic E-state index is 0.664. The molecule has 2 nitrogen and oxygen atoms in total. The molecule has 0 atom stereocenters. The first kappa shape index (κ1) is 11.0. The molecule has 0 amide bonds. The highest BCUT2D eigenvalue weighted by Gasteiger charge is 1.86. The normalized spacial score (nSPS) is 8.83. The molecule has 0 radical (unpaired) electrons. The van der Waals surface area contributed by atoms with Crippen LogP contribution in [0.3, 0.4) is 0 Å². The lowest BCUT2D eigenvalue weighted by molar-refractivity contribution is 0.622. The third-order valence-electron chi connectivity index (χ3n) is 1.41. The molecule has 2 heteroatoms. The maximum atomic E-state index is 5.06. The molecule has 0 unspecified atom stereocenters. The number of terminal acetylenes is 2. The highest BCUT2D eigenvalue weighted by Crippen LogP contribution is 1.83. The molecule has 12 heavy (non-hydrogen) atoms. The van der Waals surface area contributed by atoms with Gasteiger partial charge in [0.15, 0.2) is 0 Å². The molecule has 0 aromatic heterocycles. The second kappa shape index (κ2) is 10.0. The molecule has 66 valence electrons. The minimum atomic E-state index is 0.664. The van der Waals surface area contributed by atoms with E-state index < -0.39 is 0 Å². The van der Waals surface area contributed by atoms with E-state index in [2.05, 4.69) is 22.5 Å². The number of nitrogens with one attached hydrogen (secondary N) is 2. The molecule has 0 aliphatic rings. The molecule has 0 saturated carbocycles. The zero-order valence-corrected chi connectivity index (χ0v) is 7.40. The van der Waals surface area contributed by atoms with Crippen LogP contribution in [0.15, 0.2) is 0 Å². The van der Waals surface area contributed by atoms with Crippen LogP contribution in [0.5, 0.6) is 0 Å². The lowest BCUT2D eigenvalue weighted by Crippen LogP contribution is -2.19. The molecule has 0 bridgehead atoms. The zero-order chi connectivity index (χ0) is 9.07. The standard InChI is InChI=1S/C10H16N2/c1-3-7-11-9-5-6-10-12-8-4-2/h1-2,11-12H,5-10H2. The van der Waals surface area contributed by atoms with Gasteiger partial charge in [-0.05, 0) is 25.9 Å². The van der Waals surface area contributed by atoms with Crippen molar-refractivity contribution in [3.8, 4) is 24.7 Å². The first-order valence-corrected chi connectivity index (χ1v) is 4.20. The number of unbranched alkanes of at least 4 members (excludes halogenated alkanes) is 1. The van der Waals surface area contributed by atoms with E-state index in [-0.39, 0.29) is 0 Å². The summed E-state index contributed by atoms with van der Waals surface area (Å²) < 4.78 is 0. The van der Waals surface area contributed by atoms with Crippen molar-refractivity contribution in [1.29, 1.82) is 0 Å². The Morgan fingerprint density at radius 1 is 0.833 bits per heavy atom. The smallest absolute Gasteiger partial charge is 0.0573 e. The van der Waals surface area contributed by atoms with Gasteiger partial charge in [-0.2, -0.15) is 0 Å². The van der Waals surface area contributed by atoms with E-state index in [1.165, 1.54) is 0 Å². The van der Waals surface area contributed by atoms with E-state index in [0.29, 0.717) is 13.1 Å². The summed E-state index contributed by atoms with van der Waals surface area (Å²) in [5.41, 5.74) is 0. The molecule has 0 heterocycles. The van der Waals surface area contributed by atoms with Crippen LogP contribution in [-0.4, -0.2) is 26.2 Å². The summed E-state index contributed by atoms with van der Waals surface area (Å²) in [6.07, 6.45) is 12.4. The van der Waals surface area contributed by atoms with Crippen molar-refractivity contribution in [1.82, 2.24) is 10.6 Å². The average molecular weight is 164 g/mol. The van der Waals surface area contributed by atoms with Crippen LogP contribution in [-0.2, 0) is 0 Å². The van der Waals surface area contributed by atoms with Crippen molar-refractivity contribution in [2.24, 2.45) is 0 Å². The molecular weight excluding hydrogens is 148 g/mol. The van der Waals surface area contributed by atoms with Crippen molar-refractivity contribution in [3.05, 3.63) is 0 Å². The molecule has 0 fully saturated rings. The van der Waals surface area contributed by atoms with E-state index in [1.807, 2.05) is 0 Å². The van der Waals surface area contributed by atoms with Gasteiger partial charge in [0.2, 0.25) is 0 Å². The van der Waals surface area contributed by atoms with Crippen molar-refractivity contribution in [2.75, 3.05) is 26.2 Å². The van der Waals surface area contributed by atoms with Gasteiger partial charge in [-0.1, -0.05) is 11.8 Å². The van der Waals surface area contributed by atoms with Crippen LogP contribution >= 0.6 is 0 Å².